The molecule has 0 amide bonds. The molecule has 0 saturated heterocycles. The zero-order valence-electron chi connectivity index (χ0n) is 10.7. The monoisotopic (exact) mass is 283 g/mol. The van der Waals surface area contributed by atoms with Gasteiger partial charge in [-0.25, -0.2) is 4.98 Å². The summed E-state index contributed by atoms with van der Waals surface area (Å²) in [6, 6.07) is 4.36. The number of nitrogens with zero attached hydrogens (tertiary/aromatic N) is 2. The van der Waals surface area contributed by atoms with E-state index < -0.39 is 0 Å². The maximum absolute atomic E-state index is 5.98. The first-order valence-corrected chi connectivity index (χ1v) is 7.34. The summed E-state index contributed by atoms with van der Waals surface area (Å²) in [7, 11) is 2.03. The van der Waals surface area contributed by atoms with Crippen LogP contribution >= 0.6 is 22.9 Å². The number of hydrogen-bond donors (Lipinski definition) is 1. The van der Waals surface area contributed by atoms with E-state index in [2.05, 4.69) is 27.9 Å². The van der Waals surface area contributed by atoms with Gasteiger partial charge < -0.3 is 9.88 Å². The van der Waals surface area contributed by atoms with Gasteiger partial charge in [0.05, 0.1) is 22.4 Å². The number of aryl methyl sites for hydroxylation is 1. The van der Waals surface area contributed by atoms with E-state index in [1.165, 1.54) is 10.6 Å². The number of thiophene rings is 1. The quantitative estimate of drug-likeness (QED) is 0.880. The van der Waals surface area contributed by atoms with Crippen molar-refractivity contribution in [1.82, 2.24) is 14.9 Å². The number of nitrogens with one attached hydrogen (secondary N) is 1. The lowest BCUT2D eigenvalue weighted by molar-refractivity contribution is 0.507. The third-order valence-corrected chi connectivity index (χ3v) is 4.14. The first-order chi connectivity index (χ1) is 8.70. The van der Waals surface area contributed by atoms with Crippen LogP contribution in [0.15, 0.2) is 24.7 Å². The second-order valence-corrected chi connectivity index (χ2v) is 6.15. The lowest BCUT2D eigenvalue weighted by Crippen LogP contribution is -2.25. The van der Waals surface area contributed by atoms with Crippen molar-refractivity contribution in [2.75, 3.05) is 6.54 Å². The fraction of sp³-hybridized carbons (Fsp3) is 0.462. The second-order valence-electron chi connectivity index (χ2n) is 4.35. The third-order valence-electron chi connectivity index (χ3n) is 2.89. The second kappa shape index (κ2) is 6.36. The summed E-state index contributed by atoms with van der Waals surface area (Å²) in [4.78, 5) is 5.50. The van der Waals surface area contributed by atoms with Crippen molar-refractivity contribution < 1.29 is 0 Å². The van der Waals surface area contributed by atoms with Gasteiger partial charge in [-0.3, -0.25) is 0 Å². The van der Waals surface area contributed by atoms with Crippen LogP contribution in [0.1, 0.15) is 30.0 Å². The molecule has 0 aliphatic heterocycles. The van der Waals surface area contributed by atoms with Crippen molar-refractivity contribution in [3.05, 3.63) is 39.6 Å². The Morgan fingerprint density at radius 2 is 2.33 bits per heavy atom. The minimum atomic E-state index is 0.298. The van der Waals surface area contributed by atoms with Gasteiger partial charge in [-0.1, -0.05) is 18.5 Å². The summed E-state index contributed by atoms with van der Waals surface area (Å²) >= 11 is 7.63. The van der Waals surface area contributed by atoms with Crippen molar-refractivity contribution >= 4 is 22.9 Å². The molecule has 2 aromatic heterocycles. The topological polar surface area (TPSA) is 29.9 Å². The summed E-state index contributed by atoms with van der Waals surface area (Å²) in [5.41, 5.74) is 1.22. The highest BCUT2D eigenvalue weighted by Gasteiger charge is 2.15. The average Bonchev–Trinajstić information content (AvgIpc) is 2.93. The molecule has 2 rings (SSSR count). The highest BCUT2D eigenvalue weighted by atomic mass is 35.5. The van der Waals surface area contributed by atoms with Crippen LogP contribution in [0.2, 0.25) is 4.34 Å². The Balaban J connectivity index is 2.12. The van der Waals surface area contributed by atoms with Gasteiger partial charge >= 0.3 is 0 Å². The molecule has 5 heteroatoms. The van der Waals surface area contributed by atoms with Gasteiger partial charge in [0.15, 0.2) is 0 Å². The molecule has 1 N–H and O–H groups in total. The van der Waals surface area contributed by atoms with Crippen LogP contribution in [0.4, 0.5) is 0 Å². The van der Waals surface area contributed by atoms with E-state index in [1.54, 1.807) is 11.3 Å². The number of halogens is 1. The molecule has 0 aliphatic carbocycles. The summed E-state index contributed by atoms with van der Waals surface area (Å²) in [6.45, 7) is 3.18. The Bertz CT molecular complexity index is 492. The number of imidazole rings is 1. The largest absolute Gasteiger partial charge is 0.336 e. The Hall–Kier alpha value is -0.840. The van der Waals surface area contributed by atoms with E-state index >= 15 is 0 Å². The predicted octanol–water partition coefficient (Wildman–Crippen LogP) is 3.42. The van der Waals surface area contributed by atoms with Crippen LogP contribution in [-0.2, 0) is 13.5 Å². The summed E-state index contributed by atoms with van der Waals surface area (Å²) < 4.78 is 2.92. The zero-order chi connectivity index (χ0) is 13.0. The molecule has 18 heavy (non-hydrogen) atoms. The number of aromatic nitrogens is 2. The van der Waals surface area contributed by atoms with Gasteiger partial charge in [0.25, 0.3) is 0 Å². The lowest BCUT2D eigenvalue weighted by atomic mass is 10.1. The van der Waals surface area contributed by atoms with Crippen molar-refractivity contribution in [3.8, 4) is 0 Å². The van der Waals surface area contributed by atoms with Crippen molar-refractivity contribution in [2.45, 2.75) is 25.8 Å². The van der Waals surface area contributed by atoms with Crippen molar-refractivity contribution in [1.29, 1.82) is 0 Å². The Morgan fingerprint density at radius 1 is 1.50 bits per heavy atom. The fourth-order valence-corrected chi connectivity index (χ4v) is 3.10. The molecular formula is C13H18ClN3S. The van der Waals surface area contributed by atoms with Gasteiger partial charge in [0, 0.05) is 24.5 Å². The van der Waals surface area contributed by atoms with Crippen LogP contribution in [0.25, 0.3) is 0 Å². The summed E-state index contributed by atoms with van der Waals surface area (Å²) in [5.74, 6) is 0. The van der Waals surface area contributed by atoms with Crippen LogP contribution in [0.3, 0.4) is 0 Å². The molecule has 1 unspecified atom stereocenters. The Morgan fingerprint density at radius 3 is 2.89 bits per heavy atom. The average molecular weight is 284 g/mol. The summed E-state index contributed by atoms with van der Waals surface area (Å²) in [5, 5.41) is 3.57. The highest BCUT2D eigenvalue weighted by Crippen LogP contribution is 2.26. The molecule has 0 aliphatic rings. The van der Waals surface area contributed by atoms with E-state index in [0.29, 0.717) is 6.04 Å². The normalized spacial score (nSPS) is 12.8. The fourth-order valence-electron chi connectivity index (χ4n) is 1.97. The van der Waals surface area contributed by atoms with Crippen molar-refractivity contribution in [2.24, 2.45) is 7.05 Å². The van der Waals surface area contributed by atoms with Crippen molar-refractivity contribution in [3.63, 3.8) is 0 Å². The van der Waals surface area contributed by atoms with Crippen LogP contribution in [0, 0.1) is 0 Å². The molecule has 1 atom stereocenters. The molecule has 2 aromatic rings. The first kappa shape index (κ1) is 13.6. The predicted molar refractivity (Wildman–Crippen MR) is 77.3 cm³/mol. The van der Waals surface area contributed by atoms with Crippen LogP contribution < -0.4 is 5.32 Å². The molecule has 0 bridgehead atoms. The standard InChI is InChI=1S/C13H18ClN3S/c1-3-6-16-11(12-8-15-9-17(12)2)7-10-4-5-13(14)18-10/h4-5,8-9,11,16H,3,6-7H2,1-2H3. The van der Waals surface area contributed by atoms with Crippen LogP contribution in [0.5, 0.6) is 0 Å². The maximum atomic E-state index is 5.98. The number of rotatable bonds is 6. The molecule has 0 radical (unpaired) electrons. The first-order valence-electron chi connectivity index (χ1n) is 6.14. The Kier molecular flexibility index (Phi) is 4.80. The highest BCUT2D eigenvalue weighted by molar-refractivity contribution is 7.16. The van der Waals surface area contributed by atoms with E-state index in [4.69, 9.17) is 11.6 Å². The molecule has 0 spiro atoms. The van der Waals surface area contributed by atoms with E-state index in [-0.39, 0.29) is 0 Å². The molecule has 0 aromatic carbocycles. The van der Waals surface area contributed by atoms with Crippen LogP contribution in [-0.4, -0.2) is 16.1 Å². The zero-order valence-corrected chi connectivity index (χ0v) is 12.3. The Labute approximate surface area is 117 Å². The molecule has 3 nitrogen and oxygen atoms in total. The minimum Gasteiger partial charge on any atom is -0.336 e. The van der Waals surface area contributed by atoms with Gasteiger partial charge in [0.2, 0.25) is 0 Å². The maximum Gasteiger partial charge on any atom is 0.0946 e. The molecule has 2 heterocycles. The smallest absolute Gasteiger partial charge is 0.0946 e. The molecule has 0 fully saturated rings. The third kappa shape index (κ3) is 3.34. The minimum absolute atomic E-state index is 0.298. The van der Waals surface area contributed by atoms with Gasteiger partial charge in [-0.05, 0) is 25.1 Å². The molecular weight excluding hydrogens is 266 g/mol. The number of hydrogen-bond acceptors (Lipinski definition) is 3. The van der Waals surface area contributed by atoms with Gasteiger partial charge in [0.1, 0.15) is 0 Å². The van der Waals surface area contributed by atoms with E-state index in [1.807, 2.05) is 25.6 Å². The molecule has 0 saturated carbocycles. The summed E-state index contributed by atoms with van der Waals surface area (Å²) in [6.07, 6.45) is 5.86. The molecule has 98 valence electrons. The SMILES string of the molecule is CCCNC(Cc1ccc(Cl)s1)c1cncn1C. The van der Waals surface area contributed by atoms with Gasteiger partial charge in [-0.2, -0.15) is 0 Å². The lowest BCUT2D eigenvalue weighted by Gasteiger charge is -2.18. The van der Waals surface area contributed by atoms with E-state index in [9.17, 15) is 0 Å². The van der Waals surface area contributed by atoms with Gasteiger partial charge in [-0.15, -0.1) is 11.3 Å². The van der Waals surface area contributed by atoms with E-state index in [0.717, 1.165) is 23.7 Å².